The van der Waals surface area contributed by atoms with E-state index in [2.05, 4.69) is 15.0 Å². The van der Waals surface area contributed by atoms with Gasteiger partial charge in [-0.25, -0.2) is 14.8 Å². The fraction of sp³-hybridized carbons (Fsp3) is 0.286. The van der Waals surface area contributed by atoms with Crippen LogP contribution in [0.3, 0.4) is 0 Å². The van der Waals surface area contributed by atoms with E-state index in [4.69, 9.17) is 16.3 Å². The summed E-state index contributed by atoms with van der Waals surface area (Å²) in [7, 11) is 0. The van der Waals surface area contributed by atoms with Crippen LogP contribution in [0, 0.1) is 6.92 Å². The summed E-state index contributed by atoms with van der Waals surface area (Å²) in [5.74, 6) is 0.183. The molecule has 0 N–H and O–H groups in total. The number of esters is 1. The maximum Gasteiger partial charge on any atom is 0.341 e. The Morgan fingerprint density at radius 1 is 1.40 bits per heavy atom. The smallest absolute Gasteiger partial charge is 0.341 e. The average Bonchev–Trinajstić information content (AvgIpc) is 2.47. The van der Waals surface area contributed by atoms with Crippen LogP contribution in [-0.4, -0.2) is 27.5 Å². The number of rotatable bonds is 4. The van der Waals surface area contributed by atoms with Gasteiger partial charge < -0.3 is 4.74 Å². The summed E-state index contributed by atoms with van der Waals surface area (Å²) >= 11 is 5.87. The summed E-state index contributed by atoms with van der Waals surface area (Å²) in [4.78, 5) is 24.4. The van der Waals surface area contributed by atoms with E-state index in [0.717, 1.165) is 11.1 Å². The first-order chi connectivity index (χ1) is 9.67. The standard InChI is InChI=1S/C14H14ClN3O2/c1-3-20-14(19)11-8-17-13(18-12(11)6-15)10-4-5-16-7-9(10)2/h4-5,7-8H,3,6H2,1-2H3. The Labute approximate surface area is 122 Å². The quantitative estimate of drug-likeness (QED) is 0.640. The zero-order valence-corrected chi connectivity index (χ0v) is 12.0. The summed E-state index contributed by atoms with van der Waals surface area (Å²) in [5, 5.41) is 0. The van der Waals surface area contributed by atoms with Crippen molar-refractivity contribution in [3.63, 3.8) is 0 Å². The van der Waals surface area contributed by atoms with Gasteiger partial charge in [0.05, 0.1) is 18.2 Å². The molecule has 5 nitrogen and oxygen atoms in total. The summed E-state index contributed by atoms with van der Waals surface area (Å²) in [5.41, 5.74) is 2.59. The molecule has 20 heavy (non-hydrogen) atoms. The number of carbonyl (C=O) groups is 1. The lowest BCUT2D eigenvalue weighted by Gasteiger charge is -2.08. The summed E-state index contributed by atoms with van der Waals surface area (Å²) in [6.07, 6.45) is 4.86. The molecule has 2 heterocycles. The van der Waals surface area contributed by atoms with Gasteiger partial charge in [-0.3, -0.25) is 4.98 Å². The minimum Gasteiger partial charge on any atom is -0.462 e. The largest absolute Gasteiger partial charge is 0.462 e. The van der Waals surface area contributed by atoms with Crippen molar-refractivity contribution in [2.45, 2.75) is 19.7 Å². The number of ether oxygens (including phenoxy) is 1. The van der Waals surface area contributed by atoms with Gasteiger partial charge in [-0.05, 0) is 25.5 Å². The van der Waals surface area contributed by atoms with E-state index < -0.39 is 5.97 Å². The number of alkyl halides is 1. The molecule has 0 saturated heterocycles. The Balaban J connectivity index is 2.45. The highest BCUT2D eigenvalue weighted by Gasteiger charge is 2.16. The van der Waals surface area contributed by atoms with Crippen molar-refractivity contribution >= 4 is 17.6 Å². The Bertz CT molecular complexity index is 632. The minimum absolute atomic E-state index is 0.119. The monoisotopic (exact) mass is 291 g/mol. The molecule has 0 spiro atoms. The number of aromatic nitrogens is 3. The lowest BCUT2D eigenvalue weighted by atomic mass is 10.1. The van der Waals surface area contributed by atoms with E-state index >= 15 is 0 Å². The van der Waals surface area contributed by atoms with Gasteiger partial charge in [0.15, 0.2) is 5.82 Å². The molecule has 0 aliphatic rings. The van der Waals surface area contributed by atoms with Crippen LogP contribution in [-0.2, 0) is 10.6 Å². The molecule has 0 atom stereocenters. The predicted octanol–water partition coefficient (Wildman–Crippen LogP) is 2.76. The molecule has 0 aromatic carbocycles. The third-order valence-corrected chi connectivity index (χ3v) is 3.00. The fourth-order valence-electron chi connectivity index (χ4n) is 1.75. The highest BCUT2D eigenvalue weighted by molar-refractivity contribution is 6.17. The lowest BCUT2D eigenvalue weighted by molar-refractivity contribution is 0.0524. The third-order valence-electron chi connectivity index (χ3n) is 2.75. The van der Waals surface area contributed by atoms with Crippen molar-refractivity contribution < 1.29 is 9.53 Å². The van der Waals surface area contributed by atoms with Crippen LogP contribution in [0.25, 0.3) is 11.4 Å². The zero-order chi connectivity index (χ0) is 14.5. The van der Waals surface area contributed by atoms with Gasteiger partial charge in [0, 0.05) is 24.2 Å². The predicted molar refractivity (Wildman–Crippen MR) is 75.5 cm³/mol. The normalized spacial score (nSPS) is 10.3. The molecule has 0 saturated carbocycles. The first-order valence-corrected chi connectivity index (χ1v) is 6.70. The molecule has 0 radical (unpaired) electrons. The molecular formula is C14H14ClN3O2. The number of pyridine rings is 1. The minimum atomic E-state index is -0.457. The Morgan fingerprint density at radius 2 is 2.20 bits per heavy atom. The highest BCUT2D eigenvalue weighted by atomic mass is 35.5. The lowest BCUT2D eigenvalue weighted by Crippen LogP contribution is -2.10. The van der Waals surface area contributed by atoms with Crippen LogP contribution in [0.2, 0.25) is 0 Å². The van der Waals surface area contributed by atoms with Crippen LogP contribution >= 0.6 is 11.6 Å². The van der Waals surface area contributed by atoms with Crippen molar-refractivity contribution in [3.05, 3.63) is 41.5 Å². The Hall–Kier alpha value is -2.01. The molecule has 0 unspecified atom stereocenters. The van der Waals surface area contributed by atoms with Crippen LogP contribution < -0.4 is 0 Å². The van der Waals surface area contributed by atoms with Gasteiger partial charge in [-0.15, -0.1) is 11.6 Å². The van der Waals surface area contributed by atoms with Crippen LogP contribution in [0.15, 0.2) is 24.7 Å². The van der Waals surface area contributed by atoms with Gasteiger partial charge in [-0.2, -0.15) is 0 Å². The topological polar surface area (TPSA) is 65.0 Å². The van der Waals surface area contributed by atoms with Gasteiger partial charge in [0.1, 0.15) is 5.56 Å². The first-order valence-electron chi connectivity index (χ1n) is 6.17. The molecular weight excluding hydrogens is 278 g/mol. The second-order valence-electron chi connectivity index (χ2n) is 4.10. The van der Waals surface area contributed by atoms with E-state index in [1.807, 2.05) is 13.0 Å². The molecule has 2 rings (SSSR count). The van der Waals surface area contributed by atoms with Gasteiger partial charge in [0.25, 0.3) is 0 Å². The van der Waals surface area contributed by atoms with Crippen molar-refractivity contribution in [2.24, 2.45) is 0 Å². The van der Waals surface area contributed by atoms with Crippen molar-refractivity contribution in [2.75, 3.05) is 6.61 Å². The van der Waals surface area contributed by atoms with Crippen molar-refractivity contribution in [1.82, 2.24) is 15.0 Å². The van der Waals surface area contributed by atoms with Crippen LogP contribution in [0.4, 0.5) is 0 Å². The highest BCUT2D eigenvalue weighted by Crippen LogP contribution is 2.20. The van der Waals surface area contributed by atoms with E-state index in [1.165, 1.54) is 6.20 Å². The van der Waals surface area contributed by atoms with Crippen LogP contribution in [0.1, 0.15) is 28.5 Å². The van der Waals surface area contributed by atoms with Gasteiger partial charge >= 0.3 is 5.97 Å². The maximum absolute atomic E-state index is 11.8. The molecule has 0 fully saturated rings. The van der Waals surface area contributed by atoms with Gasteiger partial charge in [0.2, 0.25) is 0 Å². The first kappa shape index (κ1) is 14.4. The molecule has 0 amide bonds. The molecule has 2 aromatic heterocycles. The fourth-order valence-corrected chi connectivity index (χ4v) is 1.96. The second-order valence-corrected chi connectivity index (χ2v) is 4.37. The van der Waals surface area contributed by atoms with E-state index in [0.29, 0.717) is 23.7 Å². The van der Waals surface area contributed by atoms with Gasteiger partial charge in [-0.1, -0.05) is 0 Å². The average molecular weight is 292 g/mol. The molecule has 6 heteroatoms. The zero-order valence-electron chi connectivity index (χ0n) is 11.3. The summed E-state index contributed by atoms with van der Waals surface area (Å²) in [6, 6.07) is 1.83. The third kappa shape index (κ3) is 2.93. The van der Waals surface area contributed by atoms with E-state index in [-0.39, 0.29) is 5.88 Å². The molecule has 104 valence electrons. The number of aryl methyl sites for hydroxylation is 1. The Morgan fingerprint density at radius 3 is 2.85 bits per heavy atom. The van der Waals surface area contributed by atoms with E-state index in [9.17, 15) is 4.79 Å². The Kier molecular flexibility index (Phi) is 4.63. The number of hydrogen-bond donors (Lipinski definition) is 0. The molecule has 0 bridgehead atoms. The van der Waals surface area contributed by atoms with Crippen molar-refractivity contribution in [1.29, 1.82) is 0 Å². The van der Waals surface area contributed by atoms with E-state index in [1.54, 1.807) is 19.3 Å². The molecule has 2 aromatic rings. The number of hydrogen-bond acceptors (Lipinski definition) is 5. The summed E-state index contributed by atoms with van der Waals surface area (Å²) < 4.78 is 4.95. The second kappa shape index (κ2) is 6.43. The summed E-state index contributed by atoms with van der Waals surface area (Å²) in [6.45, 7) is 3.96. The molecule has 0 aliphatic carbocycles. The number of halogens is 1. The van der Waals surface area contributed by atoms with Crippen molar-refractivity contribution in [3.8, 4) is 11.4 Å². The molecule has 0 aliphatic heterocycles. The number of nitrogens with zero attached hydrogens (tertiary/aromatic N) is 3. The van der Waals surface area contributed by atoms with Crippen LogP contribution in [0.5, 0.6) is 0 Å². The SMILES string of the molecule is CCOC(=O)c1cnc(-c2ccncc2C)nc1CCl. The number of carbonyl (C=O) groups excluding carboxylic acids is 1. The maximum atomic E-state index is 11.8.